The van der Waals surface area contributed by atoms with Gasteiger partial charge >= 0.3 is 5.69 Å². The summed E-state index contributed by atoms with van der Waals surface area (Å²) in [6.45, 7) is 5.80. The Balaban J connectivity index is 1.29. The standard InChI is InChI=1S/C26H30N4O6S/c1-16-9-17(2)13-28(12-16)23(32)14-30-19-6-8-37-24(19)25(33)29(26(30)34)7-5-22(31)27-11-18-3-4-20-21(10-18)36-15-35-20/h3-4,6,8,10,16-17H,5,7,9,11-15H2,1-2H3,(H,27,31)/t16-,17-/m0/s1. The fourth-order valence-corrected chi connectivity index (χ4v) is 5.98. The first-order valence-corrected chi connectivity index (χ1v) is 13.3. The molecule has 1 N–H and O–H groups in total. The molecule has 0 spiro atoms. The lowest BCUT2D eigenvalue weighted by atomic mass is 9.92. The Morgan fingerprint density at radius 3 is 2.59 bits per heavy atom. The molecule has 1 saturated heterocycles. The third-order valence-electron chi connectivity index (χ3n) is 6.84. The van der Waals surface area contributed by atoms with Crippen molar-refractivity contribution in [3.05, 3.63) is 56.0 Å². The van der Waals surface area contributed by atoms with Crippen molar-refractivity contribution in [3.8, 4) is 11.5 Å². The quantitative estimate of drug-likeness (QED) is 0.505. The lowest BCUT2D eigenvalue weighted by molar-refractivity contribution is -0.134. The Kier molecular flexibility index (Phi) is 7.05. The van der Waals surface area contributed by atoms with E-state index >= 15 is 0 Å². The maximum absolute atomic E-state index is 13.4. The number of thiophene rings is 1. The van der Waals surface area contributed by atoms with Gasteiger partial charge in [0, 0.05) is 32.6 Å². The molecule has 2 atom stereocenters. The van der Waals surface area contributed by atoms with E-state index in [9.17, 15) is 19.2 Å². The van der Waals surface area contributed by atoms with Crippen LogP contribution in [-0.2, 0) is 29.2 Å². The van der Waals surface area contributed by atoms with Crippen LogP contribution in [0.3, 0.4) is 0 Å². The molecule has 2 amide bonds. The molecular weight excluding hydrogens is 496 g/mol. The normalized spacial score (nSPS) is 18.8. The van der Waals surface area contributed by atoms with Gasteiger partial charge in [-0.05, 0) is 47.4 Å². The number of amides is 2. The number of ether oxygens (including phenoxy) is 2. The zero-order chi connectivity index (χ0) is 26.1. The number of hydrogen-bond acceptors (Lipinski definition) is 7. The maximum Gasteiger partial charge on any atom is 0.332 e. The molecule has 0 radical (unpaired) electrons. The van der Waals surface area contributed by atoms with Gasteiger partial charge < -0.3 is 19.7 Å². The van der Waals surface area contributed by atoms with E-state index in [1.165, 1.54) is 15.9 Å². The van der Waals surface area contributed by atoms with Crippen LogP contribution in [0, 0.1) is 11.8 Å². The van der Waals surface area contributed by atoms with E-state index in [2.05, 4.69) is 19.2 Å². The van der Waals surface area contributed by atoms with E-state index in [0.717, 1.165) is 16.6 Å². The van der Waals surface area contributed by atoms with Crippen LogP contribution in [0.2, 0.25) is 0 Å². The van der Waals surface area contributed by atoms with Crippen molar-refractivity contribution in [1.82, 2.24) is 19.4 Å². The zero-order valence-corrected chi connectivity index (χ0v) is 21.7. The van der Waals surface area contributed by atoms with E-state index in [1.807, 2.05) is 11.0 Å². The van der Waals surface area contributed by atoms with E-state index < -0.39 is 11.2 Å². The lowest BCUT2D eigenvalue weighted by Gasteiger charge is -2.35. The Bertz CT molecular complexity index is 1450. The van der Waals surface area contributed by atoms with Crippen molar-refractivity contribution in [3.63, 3.8) is 0 Å². The van der Waals surface area contributed by atoms with Crippen molar-refractivity contribution in [2.75, 3.05) is 19.9 Å². The number of carbonyl (C=O) groups is 2. The number of hydrogen-bond donors (Lipinski definition) is 1. The summed E-state index contributed by atoms with van der Waals surface area (Å²) in [7, 11) is 0. The lowest BCUT2D eigenvalue weighted by Crippen LogP contribution is -2.47. The summed E-state index contributed by atoms with van der Waals surface area (Å²) in [5, 5.41) is 4.55. The number of likely N-dealkylation sites (tertiary alicyclic amines) is 1. The second-order valence-electron chi connectivity index (χ2n) is 9.92. The molecule has 10 nitrogen and oxygen atoms in total. The number of piperidine rings is 1. The monoisotopic (exact) mass is 526 g/mol. The molecule has 3 aromatic rings. The van der Waals surface area contributed by atoms with Crippen LogP contribution in [-0.4, -0.2) is 45.7 Å². The number of aromatic nitrogens is 2. The summed E-state index contributed by atoms with van der Waals surface area (Å²) in [5.41, 5.74) is 0.278. The van der Waals surface area contributed by atoms with Gasteiger partial charge in [-0.1, -0.05) is 19.9 Å². The highest BCUT2D eigenvalue weighted by molar-refractivity contribution is 7.17. The molecule has 1 aromatic carbocycles. The average Bonchev–Trinajstić information content (AvgIpc) is 3.54. The van der Waals surface area contributed by atoms with Crippen LogP contribution >= 0.6 is 11.3 Å². The number of nitrogens with one attached hydrogen (secondary N) is 1. The molecule has 4 heterocycles. The van der Waals surface area contributed by atoms with E-state index in [4.69, 9.17) is 9.47 Å². The van der Waals surface area contributed by atoms with Gasteiger partial charge in [0.05, 0.1) is 5.52 Å². The molecule has 2 aliphatic rings. The summed E-state index contributed by atoms with van der Waals surface area (Å²) in [6.07, 6.45) is 1.02. The number of carbonyl (C=O) groups excluding carboxylic acids is 2. The molecule has 1 fully saturated rings. The van der Waals surface area contributed by atoms with Gasteiger partial charge in [-0.2, -0.15) is 0 Å². The summed E-state index contributed by atoms with van der Waals surface area (Å²) < 4.78 is 13.5. The zero-order valence-electron chi connectivity index (χ0n) is 20.9. The fourth-order valence-electron chi connectivity index (χ4n) is 5.14. The molecule has 0 unspecified atom stereocenters. The SMILES string of the molecule is C[C@H]1C[C@H](C)CN(C(=O)Cn2c(=O)n(CCC(=O)NCc3ccc4c(c3)OCO4)c(=O)c3sccc32)C1. The summed E-state index contributed by atoms with van der Waals surface area (Å²) in [4.78, 5) is 53.9. The van der Waals surface area contributed by atoms with Crippen LogP contribution in [0.5, 0.6) is 11.5 Å². The van der Waals surface area contributed by atoms with E-state index in [1.54, 1.807) is 23.6 Å². The third kappa shape index (κ3) is 5.27. The highest BCUT2D eigenvalue weighted by Gasteiger charge is 2.27. The van der Waals surface area contributed by atoms with Crippen molar-refractivity contribution >= 4 is 33.4 Å². The first-order chi connectivity index (χ1) is 17.8. The topological polar surface area (TPSA) is 112 Å². The Labute approximate surface area is 217 Å². The number of nitrogens with zero attached hydrogens (tertiary/aromatic N) is 3. The van der Waals surface area contributed by atoms with Gasteiger partial charge in [-0.3, -0.25) is 23.5 Å². The second kappa shape index (κ2) is 10.4. The van der Waals surface area contributed by atoms with Crippen LogP contribution in [0.15, 0.2) is 39.2 Å². The molecule has 11 heteroatoms. The maximum atomic E-state index is 13.4. The van der Waals surface area contributed by atoms with Crippen LogP contribution in [0.25, 0.3) is 10.2 Å². The van der Waals surface area contributed by atoms with Gasteiger partial charge in [0.25, 0.3) is 5.56 Å². The Morgan fingerprint density at radius 2 is 1.81 bits per heavy atom. The van der Waals surface area contributed by atoms with Crippen molar-refractivity contribution in [1.29, 1.82) is 0 Å². The number of rotatable bonds is 7. The van der Waals surface area contributed by atoms with Crippen LogP contribution < -0.4 is 26.0 Å². The first-order valence-electron chi connectivity index (χ1n) is 12.4. The summed E-state index contributed by atoms with van der Waals surface area (Å²) >= 11 is 1.23. The second-order valence-corrected chi connectivity index (χ2v) is 10.8. The predicted octanol–water partition coefficient (Wildman–Crippen LogP) is 2.16. The van der Waals surface area contributed by atoms with Gasteiger partial charge in [0.2, 0.25) is 18.6 Å². The van der Waals surface area contributed by atoms with Gasteiger partial charge in [0.1, 0.15) is 11.2 Å². The van der Waals surface area contributed by atoms with Gasteiger partial charge in [-0.15, -0.1) is 11.3 Å². The third-order valence-corrected chi connectivity index (χ3v) is 7.73. The minimum Gasteiger partial charge on any atom is -0.454 e. The number of fused-ring (bicyclic) bond motifs is 2. The molecule has 5 rings (SSSR count). The van der Waals surface area contributed by atoms with Gasteiger partial charge in [0.15, 0.2) is 11.5 Å². The highest BCUT2D eigenvalue weighted by atomic mass is 32.1. The molecule has 0 aliphatic carbocycles. The van der Waals surface area contributed by atoms with E-state index in [-0.39, 0.29) is 44.7 Å². The molecule has 37 heavy (non-hydrogen) atoms. The van der Waals surface area contributed by atoms with Crippen LogP contribution in [0.1, 0.15) is 32.3 Å². The highest BCUT2D eigenvalue weighted by Crippen LogP contribution is 2.32. The van der Waals surface area contributed by atoms with E-state index in [0.29, 0.717) is 46.6 Å². The molecular formula is C26H30N4O6S. The fraction of sp³-hybridized carbons (Fsp3) is 0.462. The smallest absolute Gasteiger partial charge is 0.332 e. The summed E-state index contributed by atoms with van der Waals surface area (Å²) in [6, 6.07) is 7.12. The molecule has 2 aromatic heterocycles. The average molecular weight is 527 g/mol. The van der Waals surface area contributed by atoms with Crippen molar-refractivity contribution < 1.29 is 19.1 Å². The largest absolute Gasteiger partial charge is 0.454 e. The molecule has 196 valence electrons. The summed E-state index contributed by atoms with van der Waals surface area (Å²) in [5.74, 6) is 1.66. The minimum absolute atomic E-state index is 0.0499. The first kappa shape index (κ1) is 25.1. The van der Waals surface area contributed by atoms with Gasteiger partial charge in [-0.25, -0.2) is 4.79 Å². The molecule has 0 saturated carbocycles. The molecule has 0 bridgehead atoms. The Morgan fingerprint density at radius 1 is 1.05 bits per heavy atom. The van der Waals surface area contributed by atoms with Crippen molar-refractivity contribution in [2.24, 2.45) is 11.8 Å². The van der Waals surface area contributed by atoms with Crippen LogP contribution in [0.4, 0.5) is 0 Å². The predicted molar refractivity (Wildman–Crippen MR) is 139 cm³/mol. The molecule has 2 aliphatic heterocycles. The minimum atomic E-state index is -0.578. The number of benzene rings is 1. The van der Waals surface area contributed by atoms with Crippen molar-refractivity contribution in [2.45, 2.75) is 46.3 Å². The Hall–Kier alpha value is -3.60.